The van der Waals surface area contributed by atoms with Gasteiger partial charge in [-0.1, -0.05) is 24.3 Å². The lowest BCUT2D eigenvalue weighted by molar-refractivity contribution is -0.138. The molecule has 0 aliphatic rings. The molecule has 0 bridgehead atoms. The number of hydrogen-bond donors (Lipinski definition) is 1. The van der Waals surface area contributed by atoms with E-state index in [1.807, 2.05) is 0 Å². The van der Waals surface area contributed by atoms with E-state index in [9.17, 15) is 22.4 Å². The number of rotatable bonds is 5. The maximum Gasteiger partial charge on any atom is 0.416 e. The molecule has 0 saturated carbocycles. The Morgan fingerprint density at radius 3 is 2.46 bits per heavy atom. The van der Waals surface area contributed by atoms with E-state index in [4.69, 9.17) is 4.74 Å². The maximum atomic E-state index is 13.0. The standard InChI is InChI=1S/C17H15F4NO2/c1-11(24-14-5-3-2-4-6-14)16(23)22-10-12-7-8-13(18)9-15(12)17(19,20)21/h2-9,11H,10H2,1H3,(H,22,23)/t11-/m1/s1. The first-order chi connectivity index (χ1) is 11.3. The van der Waals surface area contributed by atoms with Crippen LogP contribution in [0.4, 0.5) is 17.6 Å². The molecule has 2 rings (SSSR count). The molecule has 2 aromatic carbocycles. The first-order valence-electron chi connectivity index (χ1n) is 7.12. The Balaban J connectivity index is 2.01. The number of amides is 1. The summed E-state index contributed by atoms with van der Waals surface area (Å²) in [4.78, 5) is 12.0. The Bertz CT molecular complexity index is 701. The minimum atomic E-state index is -4.70. The highest BCUT2D eigenvalue weighted by molar-refractivity contribution is 5.80. The zero-order valence-corrected chi connectivity index (χ0v) is 12.7. The highest BCUT2D eigenvalue weighted by Gasteiger charge is 2.33. The lowest BCUT2D eigenvalue weighted by atomic mass is 10.1. The van der Waals surface area contributed by atoms with Gasteiger partial charge in [0.25, 0.3) is 5.91 Å². The molecule has 0 fully saturated rings. The fourth-order valence-corrected chi connectivity index (χ4v) is 2.05. The van der Waals surface area contributed by atoms with Crippen molar-refractivity contribution in [2.75, 3.05) is 0 Å². The third-order valence-electron chi connectivity index (χ3n) is 3.26. The van der Waals surface area contributed by atoms with E-state index < -0.39 is 29.6 Å². The Morgan fingerprint density at radius 2 is 1.83 bits per heavy atom. The van der Waals surface area contributed by atoms with Crippen molar-refractivity contribution in [3.8, 4) is 5.75 Å². The van der Waals surface area contributed by atoms with Crippen molar-refractivity contribution < 1.29 is 27.1 Å². The summed E-state index contributed by atoms with van der Waals surface area (Å²) in [6.07, 6.45) is -5.59. The van der Waals surface area contributed by atoms with Crippen molar-refractivity contribution in [3.05, 3.63) is 65.5 Å². The monoisotopic (exact) mass is 341 g/mol. The molecule has 1 atom stereocenters. The molecule has 0 saturated heterocycles. The Hall–Kier alpha value is -2.57. The van der Waals surface area contributed by atoms with Gasteiger partial charge in [0.05, 0.1) is 5.56 Å². The maximum absolute atomic E-state index is 13.0. The van der Waals surface area contributed by atoms with Gasteiger partial charge in [-0.05, 0) is 36.8 Å². The molecule has 1 amide bonds. The molecule has 128 valence electrons. The lowest BCUT2D eigenvalue weighted by Crippen LogP contribution is -2.36. The van der Waals surface area contributed by atoms with E-state index in [-0.39, 0.29) is 12.1 Å². The normalized spacial score (nSPS) is 12.5. The van der Waals surface area contributed by atoms with Crippen molar-refractivity contribution in [2.24, 2.45) is 0 Å². The Morgan fingerprint density at radius 1 is 1.17 bits per heavy atom. The van der Waals surface area contributed by atoms with Gasteiger partial charge in [0.15, 0.2) is 6.10 Å². The van der Waals surface area contributed by atoms with Crippen LogP contribution in [-0.2, 0) is 17.5 Å². The van der Waals surface area contributed by atoms with Gasteiger partial charge in [-0.3, -0.25) is 4.79 Å². The average Bonchev–Trinajstić information content (AvgIpc) is 2.53. The number of nitrogens with one attached hydrogen (secondary N) is 1. The molecule has 1 N–H and O–H groups in total. The number of alkyl halides is 3. The lowest BCUT2D eigenvalue weighted by Gasteiger charge is -2.17. The van der Waals surface area contributed by atoms with Crippen LogP contribution >= 0.6 is 0 Å². The second-order valence-corrected chi connectivity index (χ2v) is 5.09. The van der Waals surface area contributed by atoms with Crippen molar-refractivity contribution in [3.63, 3.8) is 0 Å². The largest absolute Gasteiger partial charge is 0.481 e. The van der Waals surface area contributed by atoms with Crippen LogP contribution in [0.2, 0.25) is 0 Å². The van der Waals surface area contributed by atoms with Gasteiger partial charge in [-0.15, -0.1) is 0 Å². The number of benzene rings is 2. The van der Waals surface area contributed by atoms with E-state index >= 15 is 0 Å². The van der Waals surface area contributed by atoms with E-state index in [1.165, 1.54) is 6.92 Å². The van der Waals surface area contributed by atoms with Gasteiger partial charge in [0.1, 0.15) is 11.6 Å². The molecule has 2 aromatic rings. The molecule has 7 heteroatoms. The van der Waals surface area contributed by atoms with Crippen LogP contribution in [0.1, 0.15) is 18.1 Å². The smallest absolute Gasteiger partial charge is 0.416 e. The molecule has 0 unspecified atom stereocenters. The molecule has 0 spiro atoms. The minimum Gasteiger partial charge on any atom is -0.481 e. The highest BCUT2D eigenvalue weighted by atomic mass is 19.4. The molecular weight excluding hydrogens is 326 g/mol. The second-order valence-electron chi connectivity index (χ2n) is 5.09. The Labute approximate surface area is 136 Å². The molecule has 0 aliphatic carbocycles. The first-order valence-corrected chi connectivity index (χ1v) is 7.12. The van der Waals surface area contributed by atoms with Crippen molar-refractivity contribution in [2.45, 2.75) is 25.7 Å². The molecule has 3 nitrogen and oxygen atoms in total. The number of halogens is 4. The van der Waals surface area contributed by atoms with Crippen LogP contribution in [0.3, 0.4) is 0 Å². The van der Waals surface area contributed by atoms with Crippen LogP contribution < -0.4 is 10.1 Å². The fraction of sp³-hybridized carbons (Fsp3) is 0.235. The topological polar surface area (TPSA) is 38.3 Å². The number of carbonyl (C=O) groups excluding carboxylic acids is 1. The number of hydrogen-bond acceptors (Lipinski definition) is 2. The summed E-state index contributed by atoms with van der Waals surface area (Å²) >= 11 is 0. The van der Waals surface area contributed by atoms with E-state index in [2.05, 4.69) is 5.32 Å². The van der Waals surface area contributed by atoms with Crippen molar-refractivity contribution in [1.82, 2.24) is 5.32 Å². The quantitative estimate of drug-likeness (QED) is 0.837. The SMILES string of the molecule is C[C@@H](Oc1ccccc1)C(=O)NCc1ccc(F)cc1C(F)(F)F. The molecule has 0 heterocycles. The van der Waals surface area contributed by atoms with Crippen LogP contribution in [0, 0.1) is 5.82 Å². The van der Waals surface area contributed by atoms with Crippen LogP contribution in [0.15, 0.2) is 48.5 Å². The average molecular weight is 341 g/mol. The zero-order valence-electron chi connectivity index (χ0n) is 12.7. The van der Waals surface area contributed by atoms with Crippen molar-refractivity contribution in [1.29, 1.82) is 0 Å². The van der Waals surface area contributed by atoms with Gasteiger partial charge in [-0.2, -0.15) is 13.2 Å². The Kier molecular flexibility index (Phi) is 5.43. The summed E-state index contributed by atoms with van der Waals surface area (Å²) in [5.41, 5.74) is -1.33. The summed E-state index contributed by atoms with van der Waals surface area (Å²) in [6.45, 7) is 1.11. The number of ether oxygens (including phenoxy) is 1. The minimum absolute atomic E-state index is 0.218. The molecule has 0 aromatic heterocycles. The predicted molar refractivity (Wildman–Crippen MR) is 79.8 cm³/mol. The molecule has 0 aliphatic heterocycles. The van der Waals surface area contributed by atoms with E-state index in [0.717, 1.165) is 12.1 Å². The van der Waals surface area contributed by atoms with Crippen LogP contribution in [0.5, 0.6) is 5.75 Å². The second kappa shape index (κ2) is 7.33. The van der Waals surface area contributed by atoms with E-state index in [0.29, 0.717) is 11.8 Å². The third-order valence-corrected chi connectivity index (χ3v) is 3.26. The molecule has 0 radical (unpaired) electrons. The summed E-state index contributed by atoms with van der Waals surface area (Å²) in [6, 6.07) is 10.9. The van der Waals surface area contributed by atoms with Crippen molar-refractivity contribution >= 4 is 5.91 Å². The molecular formula is C17H15F4NO2. The fourth-order valence-electron chi connectivity index (χ4n) is 2.05. The summed E-state index contributed by atoms with van der Waals surface area (Å²) < 4.78 is 57.1. The first kappa shape index (κ1) is 17.8. The van der Waals surface area contributed by atoms with Gasteiger partial charge in [0, 0.05) is 6.54 Å². The van der Waals surface area contributed by atoms with Gasteiger partial charge in [0.2, 0.25) is 0 Å². The zero-order chi connectivity index (χ0) is 17.7. The van der Waals surface area contributed by atoms with Gasteiger partial charge >= 0.3 is 6.18 Å². The summed E-state index contributed by atoms with van der Waals surface area (Å²) in [5.74, 6) is -1.09. The highest BCUT2D eigenvalue weighted by Crippen LogP contribution is 2.32. The van der Waals surface area contributed by atoms with Crippen LogP contribution in [0.25, 0.3) is 0 Å². The number of carbonyl (C=O) groups is 1. The summed E-state index contributed by atoms with van der Waals surface area (Å²) in [7, 11) is 0. The molecule has 24 heavy (non-hydrogen) atoms. The van der Waals surface area contributed by atoms with Crippen LogP contribution in [-0.4, -0.2) is 12.0 Å². The van der Waals surface area contributed by atoms with E-state index in [1.54, 1.807) is 30.3 Å². The number of para-hydroxylation sites is 1. The predicted octanol–water partition coefficient (Wildman–Crippen LogP) is 3.93. The van der Waals surface area contributed by atoms with Gasteiger partial charge in [-0.25, -0.2) is 4.39 Å². The van der Waals surface area contributed by atoms with Gasteiger partial charge < -0.3 is 10.1 Å². The third kappa shape index (κ3) is 4.71. The summed E-state index contributed by atoms with van der Waals surface area (Å²) in [5, 5.41) is 2.36.